The zero-order valence-corrected chi connectivity index (χ0v) is 21.1. The topological polar surface area (TPSA) is 84.0 Å². The number of rotatable bonds is 11. The number of aryl methyl sites for hydroxylation is 1. The number of hydrogen-bond acceptors (Lipinski definition) is 4. The molecule has 1 amide bonds. The van der Waals surface area contributed by atoms with Crippen LogP contribution in [0.4, 0.5) is 10.1 Å². The Morgan fingerprint density at radius 3 is 2.53 bits per heavy atom. The molecule has 9 heteroatoms. The first-order chi connectivity index (χ1) is 15.0. The van der Waals surface area contributed by atoms with Crippen LogP contribution in [0.3, 0.4) is 0 Å². The fraction of sp³-hybridized carbons (Fsp3) is 0.391. The van der Waals surface area contributed by atoms with Gasteiger partial charge in [-0.1, -0.05) is 12.1 Å². The average molecular weight is 558 g/mol. The zero-order valence-electron chi connectivity index (χ0n) is 18.7. The number of halogens is 2. The maximum Gasteiger partial charge on any atom is 0.243 e. The standard InChI is InChI=1S/C23H31FN4O3.HI/c1-4-25-23(27-16-22(29)28-20-10-8-19(24)9-11-20)26-15-18-7-6-17(2)14-21(18)31-13-5-12-30-3;/h6-11,14H,4-5,12-13,15-16H2,1-3H3,(H,28,29)(H2,25,26,27);1H. The molecule has 32 heavy (non-hydrogen) atoms. The van der Waals surface area contributed by atoms with Crippen molar-refractivity contribution in [1.29, 1.82) is 0 Å². The molecule has 0 saturated carbocycles. The minimum Gasteiger partial charge on any atom is -0.493 e. The van der Waals surface area contributed by atoms with Crippen LogP contribution in [0.5, 0.6) is 5.75 Å². The zero-order chi connectivity index (χ0) is 22.5. The second-order valence-electron chi connectivity index (χ2n) is 6.91. The Kier molecular flexibility index (Phi) is 13.3. The number of nitrogens with zero attached hydrogens (tertiary/aromatic N) is 1. The lowest BCUT2D eigenvalue weighted by atomic mass is 10.1. The quantitative estimate of drug-likeness (QED) is 0.169. The molecular weight excluding hydrogens is 526 g/mol. The van der Waals surface area contributed by atoms with Crippen molar-refractivity contribution < 1.29 is 18.7 Å². The summed E-state index contributed by atoms with van der Waals surface area (Å²) in [6.45, 7) is 6.25. The van der Waals surface area contributed by atoms with Gasteiger partial charge in [0.1, 0.15) is 11.6 Å². The third-order valence-corrected chi connectivity index (χ3v) is 4.27. The van der Waals surface area contributed by atoms with E-state index in [1.165, 1.54) is 24.3 Å². The van der Waals surface area contributed by atoms with E-state index >= 15 is 0 Å². The number of ether oxygens (including phenoxy) is 2. The van der Waals surface area contributed by atoms with E-state index in [4.69, 9.17) is 9.47 Å². The number of methoxy groups -OCH3 is 1. The number of benzene rings is 2. The van der Waals surface area contributed by atoms with Gasteiger partial charge >= 0.3 is 0 Å². The lowest BCUT2D eigenvalue weighted by Crippen LogP contribution is -2.41. The van der Waals surface area contributed by atoms with Crippen LogP contribution in [-0.2, 0) is 16.1 Å². The number of nitrogens with one attached hydrogen (secondary N) is 3. The van der Waals surface area contributed by atoms with Crippen molar-refractivity contribution >= 4 is 41.5 Å². The van der Waals surface area contributed by atoms with E-state index in [0.717, 1.165) is 23.3 Å². The Labute approximate surface area is 206 Å². The second kappa shape index (κ2) is 15.4. The molecule has 0 aliphatic rings. The van der Waals surface area contributed by atoms with Gasteiger partial charge in [0.25, 0.3) is 0 Å². The van der Waals surface area contributed by atoms with Crippen LogP contribution in [0.1, 0.15) is 24.5 Å². The SMILES string of the molecule is CCNC(=NCc1ccc(C)cc1OCCCOC)NCC(=O)Nc1ccc(F)cc1.I. The van der Waals surface area contributed by atoms with E-state index in [-0.39, 0.29) is 42.2 Å². The molecule has 176 valence electrons. The van der Waals surface area contributed by atoms with E-state index in [1.807, 2.05) is 32.0 Å². The molecule has 2 rings (SSSR count). The predicted molar refractivity (Wildman–Crippen MR) is 136 cm³/mol. The molecule has 0 saturated heterocycles. The summed E-state index contributed by atoms with van der Waals surface area (Å²) in [6.07, 6.45) is 0.806. The lowest BCUT2D eigenvalue weighted by Gasteiger charge is -2.14. The number of amides is 1. The molecule has 0 aromatic heterocycles. The number of guanidine groups is 1. The number of anilines is 1. The second-order valence-corrected chi connectivity index (χ2v) is 6.91. The van der Waals surface area contributed by atoms with Gasteiger partial charge in [0, 0.05) is 37.9 Å². The summed E-state index contributed by atoms with van der Waals surface area (Å²) < 4.78 is 23.9. The van der Waals surface area contributed by atoms with Gasteiger partial charge in [-0.2, -0.15) is 0 Å². The van der Waals surface area contributed by atoms with Crippen LogP contribution >= 0.6 is 24.0 Å². The summed E-state index contributed by atoms with van der Waals surface area (Å²) in [7, 11) is 1.67. The van der Waals surface area contributed by atoms with Crippen LogP contribution in [0.2, 0.25) is 0 Å². The van der Waals surface area contributed by atoms with Crippen molar-refractivity contribution in [3.63, 3.8) is 0 Å². The highest BCUT2D eigenvalue weighted by atomic mass is 127. The van der Waals surface area contributed by atoms with Gasteiger partial charge in [-0.15, -0.1) is 24.0 Å². The Morgan fingerprint density at radius 2 is 1.84 bits per heavy atom. The molecule has 0 unspecified atom stereocenters. The maximum absolute atomic E-state index is 13.0. The van der Waals surface area contributed by atoms with Crippen LogP contribution < -0.4 is 20.7 Å². The van der Waals surface area contributed by atoms with Crippen molar-refractivity contribution in [2.45, 2.75) is 26.8 Å². The van der Waals surface area contributed by atoms with Gasteiger partial charge in [0.05, 0.1) is 19.7 Å². The lowest BCUT2D eigenvalue weighted by molar-refractivity contribution is -0.115. The predicted octanol–water partition coefficient (Wildman–Crippen LogP) is 3.86. The van der Waals surface area contributed by atoms with Crippen molar-refractivity contribution in [2.24, 2.45) is 4.99 Å². The third kappa shape index (κ3) is 10.3. The fourth-order valence-corrected chi connectivity index (χ4v) is 2.72. The van der Waals surface area contributed by atoms with Crippen molar-refractivity contribution in [2.75, 3.05) is 38.7 Å². The van der Waals surface area contributed by atoms with Crippen LogP contribution in [0.15, 0.2) is 47.5 Å². The first kappa shape index (κ1) is 27.6. The van der Waals surface area contributed by atoms with E-state index in [1.54, 1.807) is 7.11 Å². The summed E-state index contributed by atoms with van der Waals surface area (Å²) >= 11 is 0. The molecule has 7 nitrogen and oxygen atoms in total. The van der Waals surface area contributed by atoms with Crippen molar-refractivity contribution in [1.82, 2.24) is 10.6 Å². The molecule has 3 N–H and O–H groups in total. The summed E-state index contributed by atoms with van der Waals surface area (Å²) in [6, 6.07) is 11.6. The first-order valence-electron chi connectivity index (χ1n) is 10.3. The average Bonchev–Trinajstić information content (AvgIpc) is 2.76. The monoisotopic (exact) mass is 558 g/mol. The van der Waals surface area contributed by atoms with Gasteiger partial charge < -0.3 is 25.4 Å². The molecule has 2 aromatic carbocycles. The van der Waals surface area contributed by atoms with Crippen LogP contribution in [0.25, 0.3) is 0 Å². The van der Waals surface area contributed by atoms with Gasteiger partial charge in [-0.25, -0.2) is 9.38 Å². The molecule has 0 fully saturated rings. The summed E-state index contributed by atoms with van der Waals surface area (Å²) in [5.74, 6) is 0.706. The Bertz CT molecular complexity index is 863. The Hall–Kier alpha value is -2.40. The Morgan fingerprint density at radius 1 is 1.09 bits per heavy atom. The van der Waals surface area contributed by atoms with Crippen LogP contribution in [-0.4, -0.2) is 45.3 Å². The smallest absolute Gasteiger partial charge is 0.243 e. The number of aliphatic imine (C=N–C) groups is 1. The molecule has 0 spiro atoms. The summed E-state index contributed by atoms with van der Waals surface area (Å²) in [5.41, 5.74) is 2.60. The molecule has 0 bridgehead atoms. The number of carbonyl (C=O) groups is 1. The minimum absolute atomic E-state index is 0. The van der Waals surface area contributed by atoms with Gasteiger partial charge in [-0.3, -0.25) is 4.79 Å². The number of carbonyl (C=O) groups excluding carboxylic acids is 1. The molecule has 0 atom stereocenters. The summed E-state index contributed by atoms with van der Waals surface area (Å²) in [4.78, 5) is 16.7. The minimum atomic E-state index is -0.351. The number of hydrogen-bond donors (Lipinski definition) is 3. The molecule has 0 heterocycles. The van der Waals surface area contributed by atoms with E-state index in [9.17, 15) is 9.18 Å². The van der Waals surface area contributed by atoms with Crippen LogP contribution in [0, 0.1) is 12.7 Å². The molecule has 0 aliphatic carbocycles. The van der Waals surface area contributed by atoms with Gasteiger partial charge in [0.2, 0.25) is 5.91 Å². The maximum atomic E-state index is 13.0. The van der Waals surface area contributed by atoms with Crippen molar-refractivity contribution in [3.8, 4) is 5.75 Å². The third-order valence-electron chi connectivity index (χ3n) is 4.27. The Balaban J connectivity index is 0.00000512. The van der Waals surface area contributed by atoms with Gasteiger partial charge in [-0.05, 0) is 49.7 Å². The van der Waals surface area contributed by atoms with Gasteiger partial charge in [0.15, 0.2) is 5.96 Å². The molecule has 0 radical (unpaired) electrons. The van der Waals surface area contributed by atoms with E-state index in [0.29, 0.717) is 38.0 Å². The largest absolute Gasteiger partial charge is 0.493 e. The van der Waals surface area contributed by atoms with E-state index < -0.39 is 0 Å². The highest BCUT2D eigenvalue weighted by Crippen LogP contribution is 2.21. The fourth-order valence-electron chi connectivity index (χ4n) is 2.72. The highest BCUT2D eigenvalue weighted by molar-refractivity contribution is 14.0. The normalized spacial score (nSPS) is 10.8. The van der Waals surface area contributed by atoms with E-state index in [2.05, 4.69) is 20.9 Å². The van der Waals surface area contributed by atoms with Crippen molar-refractivity contribution in [3.05, 3.63) is 59.4 Å². The summed E-state index contributed by atoms with van der Waals surface area (Å²) in [5, 5.41) is 8.84. The highest BCUT2D eigenvalue weighted by Gasteiger charge is 2.07. The molecule has 2 aromatic rings. The molecule has 0 aliphatic heterocycles. The molecular formula is C23H32FIN4O3. The first-order valence-corrected chi connectivity index (χ1v) is 10.3.